The zero-order valence-corrected chi connectivity index (χ0v) is 15.4. The number of amides is 2. The molecule has 3 rings (SSSR count). The first-order valence-electron chi connectivity index (χ1n) is 7.80. The van der Waals surface area contributed by atoms with Gasteiger partial charge in [0.25, 0.3) is 0 Å². The van der Waals surface area contributed by atoms with Crippen molar-refractivity contribution in [2.45, 2.75) is 18.1 Å². The molecular weight excluding hydrogens is 374 g/mol. The summed E-state index contributed by atoms with van der Waals surface area (Å²) in [4.78, 5) is 24.6. The molecule has 3 heterocycles. The lowest BCUT2D eigenvalue weighted by atomic mass is 10.3. The first-order chi connectivity index (χ1) is 12.6. The number of carbonyl (C=O) groups excluding carboxylic acids is 2. The van der Waals surface area contributed by atoms with Gasteiger partial charge in [-0.2, -0.15) is 0 Å². The third-order valence-electron chi connectivity index (χ3n) is 3.38. The molecule has 0 aliphatic carbocycles. The Bertz CT molecular complexity index is 859. The molecule has 0 unspecified atom stereocenters. The highest BCUT2D eigenvalue weighted by atomic mass is 32.2. The third kappa shape index (κ3) is 4.73. The lowest BCUT2D eigenvalue weighted by molar-refractivity contribution is -0.119. The van der Waals surface area contributed by atoms with Crippen LogP contribution in [0.25, 0.3) is 11.6 Å². The summed E-state index contributed by atoms with van der Waals surface area (Å²) in [6.45, 7) is 0.483. The van der Waals surface area contributed by atoms with E-state index in [1.165, 1.54) is 22.9 Å². The van der Waals surface area contributed by atoms with Gasteiger partial charge in [-0.25, -0.2) is 0 Å². The van der Waals surface area contributed by atoms with E-state index in [4.69, 9.17) is 10.2 Å². The van der Waals surface area contributed by atoms with Gasteiger partial charge in [0.05, 0.1) is 12.0 Å². The van der Waals surface area contributed by atoms with E-state index in [2.05, 4.69) is 15.5 Å². The minimum atomic E-state index is -0.528. The van der Waals surface area contributed by atoms with E-state index in [1.54, 1.807) is 28.0 Å². The van der Waals surface area contributed by atoms with Crippen LogP contribution < -0.4 is 11.1 Å². The van der Waals surface area contributed by atoms with Gasteiger partial charge in [0.15, 0.2) is 10.9 Å². The van der Waals surface area contributed by atoms with E-state index in [9.17, 15) is 9.59 Å². The number of nitrogens with zero attached hydrogens (tertiary/aromatic N) is 3. The van der Waals surface area contributed by atoms with Gasteiger partial charge in [-0.15, -0.1) is 21.5 Å². The number of carbonyl (C=O) groups is 2. The fourth-order valence-corrected chi connectivity index (χ4v) is 3.72. The van der Waals surface area contributed by atoms with E-state index >= 15 is 0 Å². The Hall–Kier alpha value is -2.59. The van der Waals surface area contributed by atoms with Crippen LogP contribution in [-0.4, -0.2) is 38.9 Å². The Morgan fingerprint density at radius 1 is 1.31 bits per heavy atom. The van der Waals surface area contributed by atoms with Crippen LogP contribution in [0.1, 0.15) is 4.88 Å². The third-order valence-corrected chi connectivity index (χ3v) is 5.28. The predicted molar refractivity (Wildman–Crippen MR) is 98.7 cm³/mol. The number of nitrogens with one attached hydrogen (secondary N) is 1. The van der Waals surface area contributed by atoms with Gasteiger partial charge in [-0.1, -0.05) is 17.8 Å². The molecule has 3 aromatic rings. The van der Waals surface area contributed by atoms with Gasteiger partial charge in [0, 0.05) is 11.4 Å². The van der Waals surface area contributed by atoms with Crippen LogP contribution >= 0.6 is 23.1 Å². The first kappa shape index (κ1) is 18.2. The number of aromatic nitrogens is 3. The second kappa shape index (κ2) is 8.68. The van der Waals surface area contributed by atoms with Crippen molar-refractivity contribution in [1.82, 2.24) is 20.1 Å². The van der Waals surface area contributed by atoms with Crippen LogP contribution in [0.3, 0.4) is 0 Å². The Morgan fingerprint density at radius 3 is 2.88 bits per heavy atom. The van der Waals surface area contributed by atoms with E-state index in [1.807, 2.05) is 17.5 Å². The summed E-state index contributed by atoms with van der Waals surface area (Å²) in [5, 5.41) is 13.4. The predicted octanol–water partition coefficient (Wildman–Crippen LogP) is 1.54. The summed E-state index contributed by atoms with van der Waals surface area (Å²) in [7, 11) is 0. The molecule has 0 radical (unpaired) electrons. The topological polar surface area (TPSA) is 116 Å². The molecule has 0 saturated carbocycles. The standard InChI is InChI=1S/C16H17N5O3S2/c17-13(22)9-21-15(12-4-1-7-24-12)19-20-16(21)26-10-14(23)18-6-5-11-3-2-8-25-11/h1-4,7-8H,5-6,9-10H2,(H2,17,22)(H,18,23). The lowest BCUT2D eigenvalue weighted by Gasteiger charge is -2.07. The van der Waals surface area contributed by atoms with Crippen LogP contribution in [0.4, 0.5) is 0 Å². The Balaban J connectivity index is 1.58. The number of hydrogen-bond acceptors (Lipinski definition) is 7. The zero-order valence-electron chi connectivity index (χ0n) is 13.8. The molecule has 2 amide bonds. The molecule has 3 N–H and O–H groups in total. The second-order valence-corrected chi connectivity index (χ2v) is 7.28. The monoisotopic (exact) mass is 391 g/mol. The Morgan fingerprint density at radius 2 is 2.19 bits per heavy atom. The largest absolute Gasteiger partial charge is 0.461 e. The highest BCUT2D eigenvalue weighted by Crippen LogP contribution is 2.24. The fourth-order valence-electron chi connectivity index (χ4n) is 2.24. The normalized spacial score (nSPS) is 10.8. The molecule has 0 atom stereocenters. The Labute approximate surface area is 157 Å². The van der Waals surface area contributed by atoms with Gasteiger partial charge < -0.3 is 15.5 Å². The smallest absolute Gasteiger partial charge is 0.237 e. The van der Waals surface area contributed by atoms with Crippen molar-refractivity contribution in [3.8, 4) is 11.6 Å². The van der Waals surface area contributed by atoms with Gasteiger partial charge in [0.1, 0.15) is 6.54 Å². The average Bonchev–Trinajstić information content (AvgIpc) is 3.34. The van der Waals surface area contributed by atoms with Crippen LogP contribution in [0.2, 0.25) is 0 Å². The molecule has 0 aliphatic rings. The number of thiophene rings is 1. The molecule has 3 aromatic heterocycles. The summed E-state index contributed by atoms with van der Waals surface area (Å²) in [6.07, 6.45) is 2.31. The van der Waals surface area contributed by atoms with Crippen LogP contribution in [0.5, 0.6) is 0 Å². The SMILES string of the molecule is NC(=O)Cn1c(SCC(=O)NCCc2cccs2)nnc1-c1ccco1. The highest BCUT2D eigenvalue weighted by molar-refractivity contribution is 7.99. The molecular formula is C16H17N5O3S2. The molecule has 0 bridgehead atoms. The second-order valence-electron chi connectivity index (χ2n) is 5.30. The van der Waals surface area contributed by atoms with E-state index in [0.29, 0.717) is 23.3 Å². The lowest BCUT2D eigenvalue weighted by Crippen LogP contribution is -2.27. The first-order valence-corrected chi connectivity index (χ1v) is 9.67. The van der Waals surface area contributed by atoms with Gasteiger partial charge >= 0.3 is 0 Å². The van der Waals surface area contributed by atoms with Gasteiger partial charge in [-0.3, -0.25) is 14.2 Å². The molecule has 8 nitrogen and oxygen atoms in total. The molecule has 0 saturated heterocycles. The molecule has 26 heavy (non-hydrogen) atoms. The number of thioether (sulfide) groups is 1. The van der Waals surface area contributed by atoms with Crippen LogP contribution in [-0.2, 0) is 22.6 Å². The van der Waals surface area contributed by atoms with Crippen molar-refractivity contribution in [3.63, 3.8) is 0 Å². The molecule has 0 spiro atoms. The average molecular weight is 391 g/mol. The van der Waals surface area contributed by atoms with Crippen molar-refractivity contribution in [1.29, 1.82) is 0 Å². The van der Waals surface area contributed by atoms with E-state index < -0.39 is 5.91 Å². The maximum Gasteiger partial charge on any atom is 0.237 e. The number of furan rings is 1. The molecule has 136 valence electrons. The van der Waals surface area contributed by atoms with Crippen molar-refractivity contribution in [3.05, 3.63) is 40.8 Å². The number of nitrogens with two attached hydrogens (primary N) is 1. The maximum absolute atomic E-state index is 12.0. The Kier molecular flexibility index (Phi) is 6.08. The zero-order chi connectivity index (χ0) is 18.4. The van der Waals surface area contributed by atoms with Crippen LogP contribution in [0.15, 0.2) is 45.5 Å². The summed E-state index contributed by atoms with van der Waals surface area (Å²) < 4.78 is 6.85. The van der Waals surface area contributed by atoms with Crippen LogP contribution in [0, 0.1) is 0 Å². The van der Waals surface area contributed by atoms with Crippen molar-refractivity contribution in [2.24, 2.45) is 5.73 Å². The van der Waals surface area contributed by atoms with Gasteiger partial charge in [0.2, 0.25) is 17.6 Å². The molecule has 0 aliphatic heterocycles. The minimum Gasteiger partial charge on any atom is -0.461 e. The maximum atomic E-state index is 12.0. The molecule has 0 fully saturated rings. The van der Waals surface area contributed by atoms with E-state index in [-0.39, 0.29) is 18.2 Å². The van der Waals surface area contributed by atoms with E-state index in [0.717, 1.165) is 6.42 Å². The van der Waals surface area contributed by atoms with Crippen molar-refractivity contribution in [2.75, 3.05) is 12.3 Å². The quantitative estimate of drug-likeness (QED) is 0.535. The minimum absolute atomic E-state index is 0.0919. The van der Waals surface area contributed by atoms with Gasteiger partial charge in [-0.05, 0) is 30.0 Å². The van der Waals surface area contributed by atoms with Crippen molar-refractivity contribution >= 4 is 34.9 Å². The highest BCUT2D eigenvalue weighted by Gasteiger charge is 2.18. The summed E-state index contributed by atoms with van der Waals surface area (Å²) in [6, 6.07) is 7.45. The number of hydrogen-bond donors (Lipinski definition) is 2. The fraction of sp³-hybridized carbons (Fsp3) is 0.250. The number of primary amides is 1. The summed E-state index contributed by atoms with van der Waals surface area (Å²) in [5.74, 6) is 0.402. The molecule has 10 heteroatoms. The summed E-state index contributed by atoms with van der Waals surface area (Å²) >= 11 is 2.86. The molecule has 0 aromatic carbocycles. The number of rotatable bonds is 9. The summed E-state index contributed by atoms with van der Waals surface area (Å²) in [5.41, 5.74) is 5.31. The van der Waals surface area contributed by atoms with Crippen molar-refractivity contribution < 1.29 is 14.0 Å².